The highest BCUT2D eigenvalue weighted by Gasteiger charge is 2.46. The van der Waals surface area contributed by atoms with E-state index in [4.69, 9.17) is 22.4 Å². The summed E-state index contributed by atoms with van der Waals surface area (Å²) in [6, 6.07) is 9.84. The molecule has 0 bridgehead atoms. The van der Waals surface area contributed by atoms with Crippen molar-refractivity contribution in [1.82, 2.24) is 0 Å². The van der Waals surface area contributed by atoms with Crippen LogP contribution in [-0.4, -0.2) is 42.1 Å². The molecule has 3 unspecified atom stereocenters. The molecule has 0 aliphatic heterocycles. The predicted octanol–water partition coefficient (Wildman–Crippen LogP) is 10.9. The zero-order chi connectivity index (χ0) is 32.6. The summed E-state index contributed by atoms with van der Waals surface area (Å²) < 4.78 is 32.0. The zero-order valence-electron chi connectivity index (χ0n) is 29.8. The summed E-state index contributed by atoms with van der Waals surface area (Å²) in [6.45, 7) is 22.3. The molecular weight excluding hydrogens is 564 g/mol. The number of allylic oxidation sites excluding steroid dienone is 6. The van der Waals surface area contributed by atoms with Gasteiger partial charge in [0.1, 0.15) is 12.4 Å². The van der Waals surface area contributed by atoms with E-state index in [2.05, 4.69) is 80.5 Å². The average molecular weight is 631 g/mol. The standard InChI is InChI=1S/C38H66O5Si/c1-32(2)16-13-19-35(7)24-27-40-44(41-28-25-36(8)20-14-17-33(3)4,42-29-26-37(9)21-15-18-34(5)6)43-31-30-39-38-22-11-10-12-23-38/h10-12,16-18,22-23,35-37H,13-15,19-21,24-31H2,1-9H3. The molecule has 0 saturated heterocycles. The summed E-state index contributed by atoms with van der Waals surface area (Å²) in [5.41, 5.74) is 4.12. The summed E-state index contributed by atoms with van der Waals surface area (Å²) in [7, 11) is -3.40. The molecule has 1 aromatic rings. The van der Waals surface area contributed by atoms with Gasteiger partial charge in [0.25, 0.3) is 0 Å². The van der Waals surface area contributed by atoms with Crippen LogP contribution in [0.3, 0.4) is 0 Å². The third-order valence-electron chi connectivity index (χ3n) is 7.68. The topological polar surface area (TPSA) is 46.2 Å². The van der Waals surface area contributed by atoms with Gasteiger partial charge in [0.2, 0.25) is 0 Å². The summed E-state index contributed by atoms with van der Waals surface area (Å²) in [6.07, 6.45) is 16.5. The van der Waals surface area contributed by atoms with Crippen LogP contribution >= 0.6 is 0 Å². The van der Waals surface area contributed by atoms with Gasteiger partial charge in [0.05, 0.1) is 6.61 Å². The zero-order valence-corrected chi connectivity index (χ0v) is 30.8. The highest BCUT2D eigenvalue weighted by molar-refractivity contribution is 6.53. The Labute approximate surface area is 272 Å². The van der Waals surface area contributed by atoms with Crippen LogP contribution in [0.25, 0.3) is 0 Å². The molecule has 0 aromatic heterocycles. The lowest BCUT2D eigenvalue weighted by Gasteiger charge is -2.29. The molecule has 252 valence electrons. The van der Waals surface area contributed by atoms with Crippen LogP contribution in [0.5, 0.6) is 5.75 Å². The molecule has 1 rings (SSSR count). The number of hydrogen-bond donors (Lipinski definition) is 0. The van der Waals surface area contributed by atoms with Crippen molar-refractivity contribution in [3.63, 3.8) is 0 Å². The third kappa shape index (κ3) is 21.9. The molecule has 0 aliphatic rings. The minimum atomic E-state index is -3.40. The molecule has 0 radical (unpaired) electrons. The fraction of sp³-hybridized carbons (Fsp3) is 0.684. The fourth-order valence-electron chi connectivity index (χ4n) is 4.65. The van der Waals surface area contributed by atoms with Gasteiger partial charge in [0.15, 0.2) is 0 Å². The van der Waals surface area contributed by atoms with Crippen molar-refractivity contribution in [3.8, 4) is 5.75 Å². The second-order valence-corrected chi connectivity index (χ2v) is 15.5. The minimum Gasteiger partial charge on any atom is -0.491 e. The number of benzene rings is 1. The van der Waals surface area contributed by atoms with Gasteiger partial charge in [-0.05, 0) is 129 Å². The third-order valence-corrected chi connectivity index (χ3v) is 9.91. The van der Waals surface area contributed by atoms with Crippen molar-refractivity contribution in [2.75, 3.05) is 33.0 Å². The van der Waals surface area contributed by atoms with E-state index in [0.717, 1.165) is 63.5 Å². The van der Waals surface area contributed by atoms with Crippen LogP contribution in [0.2, 0.25) is 0 Å². The van der Waals surface area contributed by atoms with Crippen molar-refractivity contribution in [2.45, 2.75) is 120 Å². The lowest BCUT2D eigenvalue weighted by Crippen LogP contribution is -2.51. The van der Waals surface area contributed by atoms with Crippen molar-refractivity contribution in [2.24, 2.45) is 17.8 Å². The molecule has 6 heteroatoms. The normalized spacial score (nSPS) is 14.7. The summed E-state index contributed by atoms with van der Waals surface area (Å²) >= 11 is 0. The lowest BCUT2D eigenvalue weighted by atomic mass is 10.0. The maximum Gasteiger partial charge on any atom is 0.679 e. The smallest absolute Gasteiger partial charge is 0.491 e. The van der Waals surface area contributed by atoms with E-state index < -0.39 is 9.05 Å². The Hall–Kier alpha value is -1.70. The van der Waals surface area contributed by atoms with Gasteiger partial charge >= 0.3 is 9.05 Å². The van der Waals surface area contributed by atoms with E-state index in [0.29, 0.717) is 50.8 Å². The second-order valence-electron chi connectivity index (χ2n) is 13.3. The lowest BCUT2D eigenvalue weighted by molar-refractivity contribution is -0.0444. The van der Waals surface area contributed by atoms with Crippen LogP contribution in [0.4, 0.5) is 0 Å². The van der Waals surface area contributed by atoms with Gasteiger partial charge in [0, 0.05) is 19.8 Å². The van der Waals surface area contributed by atoms with E-state index in [-0.39, 0.29) is 0 Å². The first-order chi connectivity index (χ1) is 21.0. The van der Waals surface area contributed by atoms with Crippen LogP contribution in [0.1, 0.15) is 120 Å². The Morgan fingerprint density at radius 1 is 0.523 bits per heavy atom. The Kier molecular flexibility index (Phi) is 22.5. The van der Waals surface area contributed by atoms with Gasteiger partial charge in [-0.25, -0.2) is 0 Å². The predicted molar refractivity (Wildman–Crippen MR) is 189 cm³/mol. The van der Waals surface area contributed by atoms with Gasteiger partial charge < -0.3 is 22.4 Å². The molecule has 3 atom stereocenters. The Morgan fingerprint density at radius 3 is 1.25 bits per heavy atom. The molecule has 1 aromatic carbocycles. The van der Waals surface area contributed by atoms with Crippen LogP contribution < -0.4 is 4.74 Å². The molecule has 0 heterocycles. The maximum absolute atomic E-state index is 6.55. The number of para-hydroxylation sites is 1. The summed E-state index contributed by atoms with van der Waals surface area (Å²) in [5.74, 6) is 2.46. The molecule has 0 aliphatic carbocycles. The van der Waals surface area contributed by atoms with Gasteiger partial charge in [-0.1, -0.05) is 73.9 Å². The highest BCUT2D eigenvalue weighted by Crippen LogP contribution is 2.21. The van der Waals surface area contributed by atoms with Crippen molar-refractivity contribution < 1.29 is 22.4 Å². The minimum absolute atomic E-state index is 0.351. The monoisotopic (exact) mass is 630 g/mol. The summed E-state index contributed by atoms with van der Waals surface area (Å²) in [5, 5.41) is 0. The second kappa shape index (κ2) is 24.5. The van der Waals surface area contributed by atoms with Crippen molar-refractivity contribution in [3.05, 3.63) is 65.3 Å². The molecule has 0 saturated carbocycles. The van der Waals surface area contributed by atoms with Crippen LogP contribution in [0, 0.1) is 17.8 Å². The van der Waals surface area contributed by atoms with Crippen molar-refractivity contribution in [1.29, 1.82) is 0 Å². The fourth-order valence-corrected chi connectivity index (χ4v) is 6.59. The SMILES string of the molecule is CC(C)=CCCC(C)CCO[Si](OCCOc1ccccc1)(OCCC(C)CCC=C(C)C)OCCC(C)CCC=C(C)C. The van der Waals surface area contributed by atoms with E-state index in [1.807, 2.05) is 30.3 Å². The Morgan fingerprint density at radius 2 is 0.886 bits per heavy atom. The Bertz CT molecular complexity index is 846. The first-order valence-corrected chi connectivity index (χ1v) is 18.8. The molecule has 0 amide bonds. The maximum atomic E-state index is 6.55. The molecule has 5 nitrogen and oxygen atoms in total. The Balaban J connectivity index is 2.91. The largest absolute Gasteiger partial charge is 0.679 e. The molecule has 0 spiro atoms. The highest BCUT2D eigenvalue weighted by atomic mass is 28.4. The number of ether oxygens (including phenoxy) is 1. The molecular formula is C38H66O5Si. The number of hydrogen-bond acceptors (Lipinski definition) is 5. The van der Waals surface area contributed by atoms with E-state index >= 15 is 0 Å². The van der Waals surface area contributed by atoms with Crippen LogP contribution in [0.15, 0.2) is 65.3 Å². The van der Waals surface area contributed by atoms with Gasteiger partial charge in [-0.15, -0.1) is 0 Å². The van der Waals surface area contributed by atoms with E-state index in [1.165, 1.54) is 16.7 Å². The first kappa shape index (κ1) is 40.3. The van der Waals surface area contributed by atoms with Gasteiger partial charge in [-0.3, -0.25) is 0 Å². The molecule has 44 heavy (non-hydrogen) atoms. The average Bonchev–Trinajstić information content (AvgIpc) is 2.95. The van der Waals surface area contributed by atoms with E-state index in [1.54, 1.807) is 0 Å². The number of rotatable bonds is 26. The first-order valence-electron chi connectivity index (χ1n) is 17.1. The van der Waals surface area contributed by atoms with Gasteiger partial charge in [-0.2, -0.15) is 0 Å². The molecule has 0 fully saturated rings. The molecule has 0 N–H and O–H groups in total. The van der Waals surface area contributed by atoms with Crippen molar-refractivity contribution >= 4 is 9.05 Å². The van der Waals surface area contributed by atoms with E-state index in [9.17, 15) is 0 Å². The quantitative estimate of drug-likeness (QED) is 0.0579. The summed E-state index contributed by atoms with van der Waals surface area (Å²) in [4.78, 5) is 0. The van der Waals surface area contributed by atoms with Crippen LogP contribution in [-0.2, 0) is 17.7 Å².